The van der Waals surface area contributed by atoms with Crippen molar-refractivity contribution in [3.63, 3.8) is 0 Å². The van der Waals surface area contributed by atoms with E-state index in [2.05, 4.69) is 43.5 Å². The Bertz CT molecular complexity index is 277. The molecule has 0 atom stereocenters. The summed E-state index contributed by atoms with van der Waals surface area (Å²) >= 11 is 3.34. The minimum absolute atomic E-state index is 0.661. The Morgan fingerprint density at radius 3 is 2.92 bits per heavy atom. The molecule has 72 valence electrons. The van der Waals surface area contributed by atoms with E-state index in [0.717, 1.165) is 23.3 Å². The maximum absolute atomic E-state index is 4.25. The molecule has 0 aromatic carbocycles. The van der Waals surface area contributed by atoms with E-state index in [1.54, 1.807) is 6.20 Å². The van der Waals surface area contributed by atoms with Gasteiger partial charge in [0.2, 0.25) is 5.95 Å². The van der Waals surface area contributed by atoms with Crippen LogP contribution < -0.4 is 10.6 Å². The summed E-state index contributed by atoms with van der Waals surface area (Å²) in [6.07, 6.45) is 2.80. The minimum Gasteiger partial charge on any atom is -0.372 e. The molecule has 0 bridgehead atoms. The summed E-state index contributed by atoms with van der Waals surface area (Å²) in [6.45, 7) is 3.00. The smallest absolute Gasteiger partial charge is 0.224 e. The van der Waals surface area contributed by atoms with Gasteiger partial charge in [-0.1, -0.05) is 6.92 Å². The summed E-state index contributed by atoms with van der Waals surface area (Å²) < 4.78 is 0.872. The Labute approximate surface area is 86.3 Å². The Morgan fingerprint density at radius 2 is 2.31 bits per heavy atom. The lowest BCUT2D eigenvalue weighted by Crippen LogP contribution is -2.05. The van der Waals surface area contributed by atoms with Crippen LogP contribution in [0.3, 0.4) is 0 Å². The number of hydrogen-bond acceptors (Lipinski definition) is 4. The average Bonchev–Trinajstić information content (AvgIpc) is 2.16. The molecule has 1 aromatic heterocycles. The quantitative estimate of drug-likeness (QED) is 0.852. The average molecular weight is 245 g/mol. The van der Waals surface area contributed by atoms with E-state index in [1.807, 2.05) is 7.05 Å². The first-order valence-electron chi connectivity index (χ1n) is 4.22. The Balaban J connectivity index is 2.74. The molecule has 5 heteroatoms. The van der Waals surface area contributed by atoms with E-state index in [9.17, 15) is 0 Å². The van der Waals surface area contributed by atoms with Crippen LogP contribution in [0.1, 0.15) is 13.3 Å². The molecular formula is C8H13BrN4. The highest BCUT2D eigenvalue weighted by Gasteiger charge is 2.01. The summed E-state index contributed by atoms with van der Waals surface area (Å²) in [5, 5.41) is 6.09. The lowest BCUT2D eigenvalue weighted by molar-refractivity contribution is 0.951. The zero-order valence-electron chi connectivity index (χ0n) is 7.76. The van der Waals surface area contributed by atoms with Crippen LogP contribution in [0, 0.1) is 0 Å². The molecule has 2 N–H and O–H groups in total. The van der Waals surface area contributed by atoms with Crippen molar-refractivity contribution in [1.82, 2.24) is 9.97 Å². The molecule has 0 amide bonds. The fraction of sp³-hybridized carbons (Fsp3) is 0.500. The number of aromatic nitrogens is 2. The molecule has 0 aliphatic rings. The first kappa shape index (κ1) is 10.2. The van der Waals surface area contributed by atoms with E-state index in [0.29, 0.717) is 5.95 Å². The first-order valence-corrected chi connectivity index (χ1v) is 5.01. The summed E-state index contributed by atoms with van der Waals surface area (Å²) in [4.78, 5) is 8.36. The number of halogens is 1. The molecule has 1 rings (SSSR count). The third-order valence-electron chi connectivity index (χ3n) is 1.51. The van der Waals surface area contributed by atoms with E-state index < -0.39 is 0 Å². The first-order chi connectivity index (χ1) is 6.27. The van der Waals surface area contributed by atoms with Gasteiger partial charge >= 0.3 is 0 Å². The van der Waals surface area contributed by atoms with Crippen LogP contribution in [0.4, 0.5) is 11.8 Å². The predicted molar refractivity (Wildman–Crippen MR) is 58.1 cm³/mol. The van der Waals surface area contributed by atoms with Crippen molar-refractivity contribution in [1.29, 1.82) is 0 Å². The SMILES string of the molecule is CCCNc1ncc(Br)c(NC)n1. The van der Waals surface area contributed by atoms with Gasteiger partial charge in [-0.15, -0.1) is 0 Å². The largest absolute Gasteiger partial charge is 0.372 e. The summed E-state index contributed by atoms with van der Waals surface area (Å²) in [5.41, 5.74) is 0. The van der Waals surface area contributed by atoms with Gasteiger partial charge in [0, 0.05) is 19.8 Å². The lowest BCUT2D eigenvalue weighted by atomic mass is 10.5. The van der Waals surface area contributed by atoms with Crippen molar-refractivity contribution in [3.8, 4) is 0 Å². The summed E-state index contributed by atoms with van der Waals surface area (Å²) in [7, 11) is 1.83. The van der Waals surface area contributed by atoms with Crippen molar-refractivity contribution in [2.45, 2.75) is 13.3 Å². The second-order valence-corrected chi connectivity index (χ2v) is 3.42. The topological polar surface area (TPSA) is 49.8 Å². The van der Waals surface area contributed by atoms with Gasteiger partial charge in [-0.3, -0.25) is 0 Å². The number of rotatable bonds is 4. The van der Waals surface area contributed by atoms with Gasteiger partial charge in [0.1, 0.15) is 5.82 Å². The van der Waals surface area contributed by atoms with Gasteiger partial charge in [0.15, 0.2) is 0 Å². The molecule has 0 saturated carbocycles. The standard InChI is InChI=1S/C8H13BrN4/c1-3-4-11-8-12-5-6(9)7(10-2)13-8/h5H,3-4H2,1-2H3,(H2,10,11,12,13). The normalized spacial score (nSPS) is 9.77. The zero-order chi connectivity index (χ0) is 9.68. The molecule has 0 saturated heterocycles. The molecule has 0 aliphatic heterocycles. The molecule has 0 fully saturated rings. The van der Waals surface area contributed by atoms with Crippen LogP contribution in [-0.4, -0.2) is 23.6 Å². The van der Waals surface area contributed by atoms with Crippen LogP contribution >= 0.6 is 15.9 Å². The predicted octanol–water partition coefficient (Wildman–Crippen LogP) is 2.10. The van der Waals surface area contributed by atoms with Gasteiger partial charge in [0.25, 0.3) is 0 Å². The summed E-state index contributed by atoms with van der Waals surface area (Å²) in [5.74, 6) is 1.46. The lowest BCUT2D eigenvalue weighted by Gasteiger charge is -2.06. The monoisotopic (exact) mass is 244 g/mol. The Hall–Kier alpha value is -0.840. The van der Waals surface area contributed by atoms with Crippen LogP contribution in [0.2, 0.25) is 0 Å². The van der Waals surface area contributed by atoms with Crippen molar-refractivity contribution >= 4 is 27.7 Å². The van der Waals surface area contributed by atoms with E-state index in [4.69, 9.17) is 0 Å². The molecule has 0 aliphatic carbocycles. The summed E-state index contributed by atoms with van der Waals surface area (Å²) in [6, 6.07) is 0. The number of nitrogens with one attached hydrogen (secondary N) is 2. The zero-order valence-corrected chi connectivity index (χ0v) is 9.35. The van der Waals surface area contributed by atoms with Crippen LogP contribution in [-0.2, 0) is 0 Å². The van der Waals surface area contributed by atoms with Crippen molar-refractivity contribution in [3.05, 3.63) is 10.7 Å². The highest BCUT2D eigenvalue weighted by molar-refractivity contribution is 9.10. The van der Waals surface area contributed by atoms with E-state index >= 15 is 0 Å². The number of anilines is 2. The van der Waals surface area contributed by atoms with Gasteiger partial charge in [0.05, 0.1) is 4.47 Å². The molecule has 4 nitrogen and oxygen atoms in total. The van der Waals surface area contributed by atoms with Crippen molar-refractivity contribution in [2.24, 2.45) is 0 Å². The molecule has 0 radical (unpaired) electrons. The van der Waals surface area contributed by atoms with Crippen molar-refractivity contribution in [2.75, 3.05) is 24.2 Å². The van der Waals surface area contributed by atoms with E-state index in [1.165, 1.54) is 0 Å². The number of nitrogens with zero attached hydrogens (tertiary/aromatic N) is 2. The Kier molecular flexibility index (Phi) is 3.95. The molecule has 0 unspecified atom stereocenters. The molecule has 13 heavy (non-hydrogen) atoms. The maximum atomic E-state index is 4.25. The number of hydrogen-bond donors (Lipinski definition) is 2. The van der Waals surface area contributed by atoms with Gasteiger partial charge < -0.3 is 10.6 Å². The van der Waals surface area contributed by atoms with Crippen LogP contribution in [0.25, 0.3) is 0 Å². The second-order valence-electron chi connectivity index (χ2n) is 2.57. The highest BCUT2D eigenvalue weighted by atomic mass is 79.9. The van der Waals surface area contributed by atoms with Gasteiger partial charge in [-0.2, -0.15) is 4.98 Å². The third-order valence-corrected chi connectivity index (χ3v) is 2.09. The second kappa shape index (κ2) is 5.01. The maximum Gasteiger partial charge on any atom is 0.224 e. The van der Waals surface area contributed by atoms with Crippen LogP contribution in [0.15, 0.2) is 10.7 Å². The van der Waals surface area contributed by atoms with Gasteiger partial charge in [-0.05, 0) is 22.4 Å². The van der Waals surface area contributed by atoms with Crippen molar-refractivity contribution < 1.29 is 0 Å². The third kappa shape index (κ3) is 2.84. The molecule has 0 spiro atoms. The highest BCUT2D eigenvalue weighted by Crippen LogP contribution is 2.18. The van der Waals surface area contributed by atoms with Crippen LogP contribution in [0.5, 0.6) is 0 Å². The Morgan fingerprint density at radius 1 is 1.54 bits per heavy atom. The molecule has 1 aromatic rings. The molecular weight excluding hydrogens is 232 g/mol. The minimum atomic E-state index is 0.661. The fourth-order valence-electron chi connectivity index (χ4n) is 0.864. The van der Waals surface area contributed by atoms with E-state index in [-0.39, 0.29) is 0 Å². The van der Waals surface area contributed by atoms with Gasteiger partial charge in [-0.25, -0.2) is 4.98 Å². The fourth-order valence-corrected chi connectivity index (χ4v) is 1.25. The molecule has 1 heterocycles.